The van der Waals surface area contributed by atoms with Gasteiger partial charge in [0.2, 0.25) is 0 Å². The Balaban J connectivity index is 1.84. The summed E-state index contributed by atoms with van der Waals surface area (Å²) in [5, 5.41) is 10.3. The Hall–Kier alpha value is -2.07. The van der Waals surface area contributed by atoms with Crippen LogP contribution in [0.2, 0.25) is 0 Å². The van der Waals surface area contributed by atoms with Gasteiger partial charge in [-0.05, 0) is 30.7 Å². The lowest BCUT2D eigenvalue weighted by atomic mass is 10.0. The first-order valence-electron chi connectivity index (χ1n) is 6.48. The molecule has 0 radical (unpaired) electrons. The molecule has 2 aromatic rings. The predicted molar refractivity (Wildman–Crippen MR) is 72.4 cm³/mol. The third-order valence-corrected chi connectivity index (χ3v) is 3.36. The van der Waals surface area contributed by atoms with Gasteiger partial charge in [0, 0.05) is 5.56 Å². The molecule has 1 N–H and O–H groups in total. The molecule has 2 atom stereocenters. The van der Waals surface area contributed by atoms with Crippen molar-refractivity contribution in [2.45, 2.75) is 19.1 Å². The van der Waals surface area contributed by atoms with Gasteiger partial charge in [-0.1, -0.05) is 24.3 Å². The van der Waals surface area contributed by atoms with Crippen LogP contribution in [0.4, 0.5) is 4.39 Å². The van der Waals surface area contributed by atoms with E-state index in [1.807, 2.05) is 19.1 Å². The monoisotopic (exact) mass is 274 g/mol. The number of halogens is 1. The summed E-state index contributed by atoms with van der Waals surface area (Å²) in [6, 6.07) is 11.9. The highest BCUT2D eigenvalue weighted by atomic mass is 19.1. The summed E-state index contributed by atoms with van der Waals surface area (Å²) in [6.07, 6.45) is -1.46. The Morgan fingerprint density at radius 1 is 1.25 bits per heavy atom. The van der Waals surface area contributed by atoms with Gasteiger partial charge < -0.3 is 14.6 Å². The number of rotatable bonds is 2. The quantitative estimate of drug-likeness (QED) is 0.915. The Labute approximate surface area is 116 Å². The van der Waals surface area contributed by atoms with E-state index in [1.165, 1.54) is 6.07 Å². The number of aliphatic hydroxyl groups excluding tert-OH is 1. The molecule has 0 aliphatic carbocycles. The molecule has 3 nitrogen and oxygen atoms in total. The fourth-order valence-electron chi connectivity index (χ4n) is 2.28. The van der Waals surface area contributed by atoms with Gasteiger partial charge in [-0.2, -0.15) is 0 Å². The van der Waals surface area contributed by atoms with E-state index in [4.69, 9.17) is 9.47 Å². The van der Waals surface area contributed by atoms with E-state index in [2.05, 4.69) is 0 Å². The summed E-state index contributed by atoms with van der Waals surface area (Å²) in [6.45, 7) is 2.04. The molecule has 4 heteroatoms. The molecule has 20 heavy (non-hydrogen) atoms. The third-order valence-electron chi connectivity index (χ3n) is 3.36. The molecule has 0 amide bonds. The maximum absolute atomic E-state index is 13.7. The molecule has 0 bridgehead atoms. The molecule has 1 aliphatic rings. The molecule has 104 valence electrons. The Kier molecular flexibility index (Phi) is 3.32. The topological polar surface area (TPSA) is 38.7 Å². The first kappa shape index (κ1) is 12.9. The van der Waals surface area contributed by atoms with Crippen LogP contribution in [0.25, 0.3) is 0 Å². The van der Waals surface area contributed by atoms with E-state index in [9.17, 15) is 9.50 Å². The van der Waals surface area contributed by atoms with Crippen LogP contribution >= 0.6 is 0 Å². The zero-order valence-corrected chi connectivity index (χ0v) is 11.0. The standard InChI is InChI=1S/C16H15FO3/c1-10-6-7-12(17)14(8-10)20-15-9-19-13-5-3-2-4-11(13)16(15)18/h2-8,15-16,18H,9H2,1H3. The lowest BCUT2D eigenvalue weighted by Gasteiger charge is -2.30. The zero-order chi connectivity index (χ0) is 14.1. The number of fused-ring (bicyclic) bond motifs is 1. The van der Waals surface area contributed by atoms with Gasteiger partial charge in [-0.25, -0.2) is 4.39 Å². The lowest BCUT2D eigenvalue weighted by Crippen LogP contribution is -2.35. The number of benzene rings is 2. The van der Waals surface area contributed by atoms with Crippen LogP contribution in [-0.2, 0) is 0 Å². The van der Waals surface area contributed by atoms with Gasteiger partial charge in [-0.15, -0.1) is 0 Å². The van der Waals surface area contributed by atoms with Gasteiger partial charge >= 0.3 is 0 Å². The second-order valence-corrected chi connectivity index (χ2v) is 4.88. The Morgan fingerprint density at radius 2 is 2.05 bits per heavy atom. The van der Waals surface area contributed by atoms with Gasteiger partial charge in [-0.3, -0.25) is 0 Å². The first-order chi connectivity index (χ1) is 9.65. The smallest absolute Gasteiger partial charge is 0.165 e. The van der Waals surface area contributed by atoms with Crippen LogP contribution < -0.4 is 9.47 Å². The molecule has 3 rings (SSSR count). The zero-order valence-electron chi connectivity index (χ0n) is 11.0. The van der Waals surface area contributed by atoms with Gasteiger partial charge in [0.05, 0.1) is 0 Å². The maximum Gasteiger partial charge on any atom is 0.165 e. The molecule has 2 unspecified atom stereocenters. The van der Waals surface area contributed by atoms with Crippen LogP contribution in [0.5, 0.6) is 11.5 Å². The summed E-state index contributed by atoms with van der Waals surface area (Å²) in [5.41, 5.74) is 1.56. The van der Waals surface area contributed by atoms with Crippen LogP contribution in [0.15, 0.2) is 42.5 Å². The molecule has 1 aliphatic heterocycles. The van der Waals surface area contributed by atoms with Crippen molar-refractivity contribution in [2.75, 3.05) is 6.61 Å². The van der Waals surface area contributed by atoms with E-state index in [1.54, 1.807) is 24.3 Å². The van der Waals surface area contributed by atoms with Crippen molar-refractivity contribution in [3.63, 3.8) is 0 Å². The number of aryl methyl sites for hydroxylation is 1. The first-order valence-corrected chi connectivity index (χ1v) is 6.48. The molecule has 0 aromatic heterocycles. The van der Waals surface area contributed by atoms with Crippen LogP contribution in [-0.4, -0.2) is 17.8 Å². The van der Waals surface area contributed by atoms with Crippen LogP contribution in [0.3, 0.4) is 0 Å². The highest BCUT2D eigenvalue weighted by Gasteiger charge is 2.31. The van der Waals surface area contributed by atoms with Crippen molar-refractivity contribution >= 4 is 0 Å². The number of ether oxygens (including phenoxy) is 2. The van der Waals surface area contributed by atoms with Crippen molar-refractivity contribution in [3.05, 3.63) is 59.4 Å². The summed E-state index contributed by atoms with van der Waals surface area (Å²) in [5.74, 6) is 0.336. The minimum atomic E-state index is -0.833. The average Bonchev–Trinajstić information content (AvgIpc) is 2.46. The summed E-state index contributed by atoms with van der Waals surface area (Å²) in [4.78, 5) is 0. The highest BCUT2D eigenvalue weighted by molar-refractivity contribution is 5.38. The van der Waals surface area contributed by atoms with E-state index in [0.717, 1.165) is 5.56 Å². The highest BCUT2D eigenvalue weighted by Crippen LogP contribution is 2.34. The summed E-state index contributed by atoms with van der Waals surface area (Å²) in [7, 11) is 0. The van der Waals surface area contributed by atoms with Crippen LogP contribution in [0, 0.1) is 12.7 Å². The maximum atomic E-state index is 13.7. The summed E-state index contributed by atoms with van der Waals surface area (Å²) >= 11 is 0. The SMILES string of the molecule is Cc1ccc(F)c(OC2COc3ccccc3C2O)c1. The molecular weight excluding hydrogens is 259 g/mol. The lowest BCUT2D eigenvalue weighted by molar-refractivity contribution is -0.0120. The Morgan fingerprint density at radius 3 is 2.90 bits per heavy atom. The molecular formula is C16H15FO3. The van der Waals surface area contributed by atoms with Crippen molar-refractivity contribution < 1.29 is 19.0 Å². The van der Waals surface area contributed by atoms with Gasteiger partial charge in [0.1, 0.15) is 18.5 Å². The van der Waals surface area contributed by atoms with Crippen molar-refractivity contribution in [2.24, 2.45) is 0 Å². The second-order valence-electron chi connectivity index (χ2n) is 4.88. The fraction of sp³-hybridized carbons (Fsp3) is 0.250. The van der Waals surface area contributed by atoms with E-state index in [0.29, 0.717) is 11.3 Å². The third kappa shape index (κ3) is 2.34. The van der Waals surface area contributed by atoms with Gasteiger partial charge in [0.25, 0.3) is 0 Å². The largest absolute Gasteiger partial charge is 0.489 e. The molecule has 1 heterocycles. The minimum absolute atomic E-state index is 0.136. The normalized spacial score (nSPS) is 20.9. The predicted octanol–water partition coefficient (Wildman–Crippen LogP) is 3.01. The minimum Gasteiger partial charge on any atom is -0.489 e. The number of para-hydroxylation sites is 1. The molecule has 0 saturated carbocycles. The second kappa shape index (κ2) is 5.13. The Bertz CT molecular complexity index is 627. The number of hydrogen-bond acceptors (Lipinski definition) is 3. The molecule has 0 fully saturated rings. The van der Waals surface area contributed by atoms with Crippen molar-refractivity contribution in [1.82, 2.24) is 0 Å². The van der Waals surface area contributed by atoms with E-state index >= 15 is 0 Å². The molecule has 0 spiro atoms. The molecule has 2 aromatic carbocycles. The van der Waals surface area contributed by atoms with E-state index in [-0.39, 0.29) is 12.4 Å². The average molecular weight is 274 g/mol. The number of aliphatic hydroxyl groups is 1. The van der Waals surface area contributed by atoms with Crippen LogP contribution in [0.1, 0.15) is 17.2 Å². The summed E-state index contributed by atoms with van der Waals surface area (Å²) < 4.78 is 24.8. The van der Waals surface area contributed by atoms with Crippen molar-refractivity contribution in [1.29, 1.82) is 0 Å². The van der Waals surface area contributed by atoms with E-state index < -0.39 is 18.0 Å². The fourth-order valence-corrected chi connectivity index (χ4v) is 2.28. The number of hydrogen-bond donors (Lipinski definition) is 1. The van der Waals surface area contributed by atoms with Gasteiger partial charge in [0.15, 0.2) is 17.7 Å². The molecule has 0 saturated heterocycles. The van der Waals surface area contributed by atoms with Crippen molar-refractivity contribution in [3.8, 4) is 11.5 Å².